The second-order valence-electron chi connectivity index (χ2n) is 6.68. The maximum Gasteiger partial charge on any atom is 0.276 e. The van der Waals surface area contributed by atoms with Gasteiger partial charge in [0.15, 0.2) is 6.61 Å². The molecule has 3 aromatic carbocycles. The molecule has 0 aliphatic heterocycles. The standard InChI is InChI=1S/C22H16Cl3N3O2/c1-12-6-7-14-19(8-12)26-18-5-3-2-4-13(18)22(14)28-27-21(29)11-30-20-10-16(24)15(23)9-17(20)25/h2-10H,11H2,1H3,(H,26,28)(H,27,29). The number of hydrogen-bond acceptors (Lipinski definition) is 4. The average Bonchev–Trinajstić information content (AvgIpc) is 2.72. The molecule has 30 heavy (non-hydrogen) atoms. The van der Waals surface area contributed by atoms with E-state index in [2.05, 4.69) is 10.9 Å². The van der Waals surface area contributed by atoms with Crippen LogP contribution in [0.3, 0.4) is 0 Å². The van der Waals surface area contributed by atoms with Crippen molar-refractivity contribution < 1.29 is 9.53 Å². The van der Waals surface area contributed by atoms with E-state index in [0.29, 0.717) is 10.0 Å². The van der Waals surface area contributed by atoms with Gasteiger partial charge in [-0.15, -0.1) is 0 Å². The van der Waals surface area contributed by atoms with Crippen LogP contribution in [-0.4, -0.2) is 17.5 Å². The molecule has 0 atom stereocenters. The fraction of sp³-hybridized carbons (Fsp3) is 0.0909. The molecule has 0 bridgehead atoms. The molecule has 0 spiro atoms. The zero-order chi connectivity index (χ0) is 21.3. The Morgan fingerprint density at radius 1 is 0.933 bits per heavy atom. The van der Waals surface area contributed by atoms with Crippen molar-refractivity contribution in [2.45, 2.75) is 6.92 Å². The van der Waals surface area contributed by atoms with E-state index in [4.69, 9.17) is 44.5 Å². The number of carbonyl (C=O) groups is 1. The van der Waals surface area contributed by atoms with Gasteiger partial charge in [0, 0.05) is 16.8 Å². The van der Waals surface area contributed by atoms with Crippen LogP contribution < -0.4 is 15.6 Å². The lowest BCUT2D eigenvalue weighted by Gasteiger charge is -2.15. The molecule has 4 aromatic rings. The average molecular weight is 461 g/mol. The monoisotopic (exact) mass is 459 g/mol. The molecule has 0 aliphatic rings. The third-order valence-corrected chi connectivity index (χ3v) is 5.51. The molecule has 1 amide bonds. The molecule has 1 aromatic heterocycles. The summed E-state index contributed by atoms with van der Waals surface area (Å²) in [6.45, 7) is 1.75. The van der Waals surface area contributed by atoms with Crippen LogP contribution in [0.15, 0.2) is 54.6 Å². The zero-order valence-electron chi connectivity index (χ0n) is 15.8. The van der Waals surface area contributed by atoms with Gasteiger partial charge in [0.05, 0.1) is 31.8 Å². The van der Waals surface area contributed by atoms with Crippen LogP contribution >= 0.6 is 34.8 Å². The number of hydrazine groups is 1. The fourth-order valence-corrected chi connectivity index (χ4v) is 3.66. The van der Waals surface area contributed by atoms with E-state index in [9.17, 15) is 4.79 Å². The lowest BCUT2D eigenvalue weighted by Crippen LogP contribution is -2.33. The highest BCUT2D eigenvalue weighted by Gasteiger charge is 2.12. The summed E-state index contributed by atoms with van der Waals surface area (Å²) in [5.41, 5.74) is 9.22. The van der Waals surface area contributed by atoms with Crippen molar-refractivity contribution in [3.8, 4) is 5.75 Å². The number of anilines is 1. The largest absolute Gasteiger partial charge is 0.482 e. The van der Waals surface area contributed by atoms with Crippen molar-refractivity contribution in [3.05, 3.63) is 75.2 Å². The van der Waals surface area contributed by atoms with Crippen LogP contribution in [0.25, 0.3) is 21.8 Å². The molecule has 0 aliphatic carbocycles. The third-order valence-electron chi connectivity index (χ3n) is 4.50. The Bertz CT molecular complexity index is 1280. The predicted molar refractivity (Wildman–Crippen MR) is 123 cm³/mol. The number of rotatable bonds is 5. The molecule has 0 saturated carbocycles. The molecule has 4 rings (SSSR count). The van der Waals surface area contributed by atoms with E-state index < -0.39 is 5.91 Å². The van der Waals surface area contributed by atoms with Crippen LogP contribution in [0.4, 0.5) is 5.69 Å². The number of aryl methyl sites for hydroxylation is 1. The van der Waals surface area contributed by atoms with Crippen molar-refractivity contribution in [2.24, 2.45) is 0 Å². The molecule has 8 heteroatoms. The molecule has 2 N–H and O–H groups in total. The maximum atomic E-state index is 12.4. The zero-order valence-corrected chi connectivity index (χ0v) is 18.1. The van der Waals surface area contributed by atoms with E-state index in [-0.39, 0.29) is 17.4 Å². The van der Waals surface area contributed by atoms with Crippen LogP contribution in [0, 0.1) is 6.92 Å². The van der Waals surface area contributed by atoms with E-state index in [1.807, 2.05) is 49.4 Å². The second kappa shape index (κ2) is 8.56. The number of ether oxygens (including phenoxy) is 1. The van der Waals surface area contributed by atoms with E-state index in [1.165, 1.54) is 12.1 Å². The third kappa shape index (κ3) is 4.24. The number of pyridine rings is 1. The molecule has 1 heterocycles. The van der Waals surface area contributed by atoms with Crippen LogP contribution in [0.1, 0.15) is 5.56 Å². The molecule has 0 fully saturated rings. The summed E-state index contributed by atoms with van der Waals surface area (Å²) < 4.78 is 5.47. The predicted octanol–water partition coefficient (Wildman–Crippen LogP) is 6.18. The number of benzene rings is 3. The smallest absolute Gasteiger partial charge is 0.276 e. The first kappa shape index (κ1) is 20.5. The highest BCUT2D eigenvalue weighted by Crippen LogP contribution is 2.34. The summed E-state index contributed by atoms with van der Waals surface area (Å²) in [4.78, 5) is 17.1. The normalized spacial score (nSPS) is 10.9. The minimum absolute atomic E-state index is 0.259. The number of aromatic nitrogens is 1. The molecular formula is C22H16Cl3N3O2. The maximum absolute atomic E-state index is 12.4. The number of amides is 1. The Balaban J connectivity index is 1.54. The van der Waals surface area contributed by atoms with Crippen LogP contribution in [-0.2, 0) is 4.79 Å². The van der Waals surface area contributed by atoms with Crippen molar-refractivity contribution in [2.75, 3.05) is 12.0 Å². The number of carbonyl (C=O) groups excluding carboxylic acids is 1. The number of fused-ring (bicyclic) bond motifs is 2. The fourth-order valence-electron chi connectivity index (χ4n) is 3.06. The first-order valence-electron chi connectivity index (χ1n) is 9.03. The van der Waals surface area contributed by atoms with Crippen LogP contribution in [0.5, 0.6) is 5.75 Å². The lowest BCUT2D eigenvalue weighted by molar-refractivity contribution is -0.122. The number of nitrogens with one attached hydrogen (secondary N) is 2. The molecular weight excluding hydrogens is 445 g/mol. The van der Waals surface area contributed by atoms with Gasteiger partial charge < -0.3 is 4.74 Å². The van der Waals surface area contributed by atoms with Crippen molar-refractivity contribution in [1.29, 1.82) is 0 Å². The first-order chi connectivity index (χ1) is 14.4. The highest BCUT2D eigenvalue weighted by atomic mass is 35.5. The Hall–Kier alpha value is -2.73. The Morgan fingerprint density at radius 2 is 1.67 bits per heavy atom. The number of para-hydroxylation sites is 1. The van der Waals surface area contributed by atoms with Crippen molar-refractivity contribution in [1.82, 2.24) is 10.4 Å². The number of nitrogens with zero attached hydrogens (tertiary/aromatic N) is 1. The minimum Gasteiger partial charge on any atom is -0.482 e. The van der Waals surface area contributed by atoms with Crippen molar-refractivity contribution >= 4 is 68.2 Å². The van der Waals surface area contributed by atoms with Gasteiger partial charge in [-0.25, -0.2) is 4.98 Å². The quantitative estimate of drug-likeness (QED) is 0.212. The topological polar surface area (TPSA) is 63.2 Å². The van der Waals surface area contributed by atoms with Gasteiger partial charge in [0.2, 0.25) is 0 Å². The Labute approximate surface area is 187 Å². The van der Waals surface area contributed by atoms with E-state index in [1.54, 1.807) is 0 Å². The van der Waals surface area contributed by atoms with Gasteiger partial charge in [-0.1, -0.05) is 65.1 Å². The summed E-state index contributed by atoms with van der Waals surface area (Å²) >= 11 is 18.0. The van der Waals surface area contributed by atoms with Gasteiger partial charge in [0.1, 0.15) is 5.75 Å². The van der Waals surface area contributed by atoms with Crippen molar-refractivity contribution in [3.63, 3.8) is 0 Å². The Morgan fingerprint density at radius 3 is 2.50 bits per heavy atom. The molecule has 5 nitrogen and oxygen atoms in total. The lowest BCUT2D eigenvalue weighted by atomic mass is 10.1. The Kier molecular flexibility index (Phi) is 5.86. The van der Waals surface area contributed by atoms with E-state index in [0.717, 1.165) is 33.1 Å². The van der Waals surface area contributed by atoms with Gasteiger partial charge in [-0.05, 0) is 30.7 Å². The molecule has 0 saturated heterocycles. The van der Waals surface area contributed by atoms with Crippen LogP contribution in [0.2, 0.25) is 15.1 Å². The number of hydrogen-bond donors (Lipinski definition) is 2. The van der Waals surface area contributed by atoms with Gasteiger partial charge in [-0.2, -0.15) is 0 Å². The summed E-state index contributed by atoms with van der Waals surface area (Å²) in [6, 6.07) is 16.6. The molecule has 0 unspecified atom stereocenters. The van der Waals surface area contributed by atoms with E-state index >= 15 is 0 Å². The summed E-state index contributed by atoms with van der Waals surface area (Å²) in [5, 5.41) is 2.66. The molecule has 152 valence electrons. The summed E-state index contributed by atoms with van der Waals surface area (Å²) in [7, 11) is 0. The van der Waals surface area contributed by atoms with Gasteiger partial charge in [0.25, 0.3) is 5.91 Å². The number of halogens is 3. The van der Waals surface area contributed by atoms with Gasteiger partial charge >= 0.3 is 0 Å². The second-order valence-corrected chi connectivity index (χ2v) is 7.90. The minimum atomic E-state index is -0.390. The summed E-state index contributed by atoms with van der Waals surface area (Å²) in [6.07, 6.45) is 0. The first-order valence-corrected chi connectivity index (χ1v) is 10.2. The molecule has 0 radical (unpaired) electrons. The SMILES string of the molecule is Cc1ccc2c(NNC(=O)COc3cc(Cl)c(Cl)cc3Cl)c3ccccc3nc2c1. The van der Waals surface area contributed by atoms with Gasteiger partial charge in [-0.3, -0.25) is 15.6 Å². The highest BCUT2D eigenvalue weighted by molar-refractivity contribution is 6.43. The summed E-state index contributed by atoms with van der Waals surface area (Å²) in [5.74, 6) is -0.116.